The molecule has 15 heavy (non-hydrogen) atoms. The van der Waals surface area contributed by atoms with Crippen LogP contribution in [0.15, 0.2) is 12.2 Å². The summed E-state index contributed by atoms with van der Waals surface area (Å²) in [7, 11) is 0. The quantitative estimate of drug-likeness (QED) is 0.380. The summed E-state index contributed by atoms with van der Waals surface area (Å²) in [6.45, 7) is 7.84. The number of rotatable bonds is 6. The highest BCUT2D eigenvalue weighted by Crippen LogP contribution is 2.08. The monoisotopic (exact) mass is 212 g/mol. The third-order valence-corrected chi connectivity index (χ3v) is 1.85. The lowest BCUT2D eigenvalue weighted by atomic mass is 10.2. The fraction of sp³-hybridized carbons (Fsp3) is 0.769. The lowest BCUT2D eigenvalue weighted by Crippen LogP contribution is -2.23. The van der Waals surface area contributed by atoms with E-state index in [1.54, 1.807) is 0 Å². The van der Waals surface area contributed by atoms with Crippen LogP contribution in [0.1, 0.15) is 59.8 Å². The molecule has 0 unspecified atom stereocenters. The van der Waals surface area contributed by atoms with E-state index in [0.717, 1.165) is 6.42 Å². The van der Waals surface area contributed by atoms with E-state index in [-0.39, 0.29) is 11.6 Å². The van der Waals surface area contributed by atoms with Crippen molar-refractivity contribution in [2.75, 3.05) is 0 Å². The van der Waals surface area contributed by atoms with Crippen molar-refractivity contribution in [3.05, 3.63) is 12.2 Å². The maximum absolute atomic E-state index is 11.3. The van der Waals surface area contributed by atoms with Crippen LogP contribution in [0, 0.1) is 0 Å². The average Bonchev–Trinajstić information content (AvgIpc) is 2.08. The molecule has 88 valence electrons. The minimum absolute atomic E-state index is 0.144. The summed E-state index contributed by atoms with van der Waals surface area (Å²) in [5.74, 6) is -0.144. The fourth-order valence-electron chi connectivity index (χ4n) is 1.19. The van der Waals surface area contributed by atoms with Crippen molar-refractivity contribution in [3.63, 3.8) is 0 Å². The number of allylic oxidation sites excluding steroid dienone is 1. The molecular formula is C13H24O2. The fourth-order valence-corrected chi connectivity index (χ4v) is 1.19. The topological polar surface area (TPSA) is 26.3 Å². The summed E-state index contributed by atoms with van der Waals surface area (Å²) < 4.78 is 5.18. The minimum atomic E-state index is -0.368. The molecule has 2 heteroatoms. The van der Waals surface area contributed by atoms with Crippen molar-refractivity contribution in [1.29, 1.82) is 0 Å². The van der Waals surface area contributed by atoms with Gasteiger partial charge in [0.2, 0.25) is 0 Å². The Hall–Kier alpha value is -0.790. The van der Waals surface area contributed by atoms with Crippen LogP contribution in [0.25, 0.3) is 0 Å². The van der Waals surface area contributed by atoms with Gasteiger partial charge in [-0.05, 0) is 33.6 Å². The van der Waals surface area contributed by atoms with Crippen molar-refractivity contribution in [2.45, 2.75) is 65.4 Å². The molecule has 0 aliphatic carbocycles. The molecule has 0 spiro atoms. The van der Waals surface area contributed by atoms with Crippen LogP contribution >= 0.6 is 0 Å². The van der Waals surface area contributed by atoms with Gasteiger partial charge in [-0.2, -0.15) is 0 Å². The van der Waals surface area contributed by atoms with Crippen molar-refractivity contribution in [3.8, 4) is 0 Å². The molecule has 0 aromatic heterocycles. The standard InChI is InChI=1S/C13H24O2/c1-5-6-7-8-9-10-11-12(14)15-13(2,3)4/h9-10H,5-8,11H2,1-4H3/b10-9+. The highest BCUT2D eigenvalue weighted by molar-refractivity contribution is 5.71. The van der Waals surface area contributed by atoms with Crippen molar-refractivity contribution >= 4 is 5.97 Å². The molecule has 0 aliphatic heterocycles. The SMILES string of the molecule is CCCCC/C=C/CC(=O)OC(C)(C)C. The van der Waals surface area contributed by atoms with Crippen molar-refractivity contribution in [1.82, 2.24) is 0 Å². The van der Waals surface area contributed by atoms with Gasteiger partial charge >= 0.3 is 5.97 Å². The lowest BCUT2D eigenvalue weighted by Gasteiger charge is -2.18. The van der Waals surface area contributed by atoms with Crippen LogP contribution in [-0.4, -0.2) is 11.6 Å². The third-order valence-electron chi connectivity index (χ3n) is 1.85. The summed E-state index contributed by atoms with van der Waals surface area (Å²) >= 11 is 0. The molecule has 0 saturated carbocycles. The smallest absolute Gasteiger partial charge is 0.310 e. The van der Waals surface area contributed by atoms with Gasteiger partial charge < -0.3 is 4.74 Å². The highest BCUT2D eigenvalue weighted by atomic mass is 16.6. The average molecular weight is 212 g/mol. The van der Waals surface area contributed by atoms with E-state index in [1.165, 1.54) is 19.3 Å². The zero-order valence-corrected chi connectivity index (χ0v) is 10.5. The highest BCUT2D eigenvalue weighted by Gasteiger charge is 2.14. The zero-order valence-electron chi connectivity index (χ0n) is 10.5. The van der Waals surface area contributed by atoms with E-state index in [9.17, 15) is 4.79 Å². The second-order valence-electron chi connectivity index (χ2n) is 4.76. The summed E-state index contributed by atoms with van der Waals surface area (Å²) in [5, 5.41) is 0. The summed E-state index contributed by atoms with van der Waals surface area (Å²) in [6.07, 6.45) is 9.14. The second-order valence-corrected chi connectivity index (χ2v) is 4.76. The molecule has 0 saturated heterocycles. The molecule has 0 radical (unpaired) electrons. The molecule has 0 aliphatic rings. The van der Waals surface area contributed by atoms with Crippen molar-refractivity contribution < 1.29 is 9.53 Å². The molecule has 0 heterocycles. The van der Waals surface area contributed by atoms with E-state index in [4.69, 9.17) is 4.74 Å². The lowest BCUT2D eigenvalue weighted by molar-refractivity contribution is -0.153. The number of carbonyl (C=O) groups is 1. The zero-order chi connectivity index (χ0) is 11.7. The van der Waals surface area contributed by atoms with Gasteiger partial charge in [0.15, 0.2) is 0 Å². The molecule has 0 aromatic carbocycles. The molecule has 0 aromatic rings. The number of esters is 1. The first kappa shape index (κ1) is 14.2. The third kappa shape index (κ3) is 11.1. The Morgan fingerprint density at radius 3 is 2.40 bits per heavy atom. The van der Waals surface area contributed by atoms with E-state index >= 15 is 0 Å². The normalized spacial score (nSPS) is 12.0. The van der Waals surface area contributed by atoms with E-state index in [1.807, 2.05) is 26.8 Å². The molecule has 0 amide bonds. The van der Waals surface area contributed by atoms with Gasteiger partial charge in [0.05, 0.1) is 6.42 Å². The first-order valence-corrected chi connectivity index (χ1v) is 5.82. The summed E-state index contributed by atoms with van der Waals surface area (Å²) in [4.78, 5) is 11.3. The van der Waals surface area contributed by atoms with Crippen LogP contribution in [-0.2, 0) is 9.53 Å². The summed E-state index contributed by atoms with van der Waals surface area (Å²) in [5.41, 5.74) is -0.368. The Labute approximate surface area is 93.7 Å². The number of carbonyl (C=O) groups excluding carboxylic acids is 1. The predicted octanol–water partition coefficient (Wildman–Crippen LogP) is 3.85. The number of hydrogen-bond acceptors (Lipinski definition) is 2. The maximum atomic E-state index is 11.3. The summed E-state index contributed by atoms with van der Waals surface area (Å²) in [6, 6.07) is 0. The molecule has 0 bridgehead atoms. The second kappa shape index (κ2) is 7.49. The van der Waals surface area contributed by atoms with Gasteiger partial charge in [-0.15, -0.1) is 0 Å². The maximum Gasteiger partial charge on any atom is 0.310 e. The van der Waals surface area contributed by atoms with Crippen LogP contribution in [0.2, 0.25) is 0 Å². The molecular weight excluding hydrogens is 188 g/mol. The largest absolute Gasteiger partial charge is 0.460 e. The van der Waals surface area contributed by atoms with Gasteiger partial charge in [0.1, 0.15) is 5.60 Å². The first-order chi connectivity index (χ1) is 6.95. The first-order valence-electron chi connectivity index (χ1n) is 5.82. The molecule has 0 rings (SSSR count). The van der Waals surface area contributed by atoms with Gasteiger partial charge in [-0.3, -0.25) is 4.79 Å². The molecule has 0 N–H and O–H groups in total. The van der Waals surface area contributed by atoms with E-state index in [0.29, 0.717) is 6.42 Å². The van der Waals surface area contributed by atoms with Crippen LogP contribution in [0.4, 0.5) is 0 Å². The van der Waals surface area contributed by atoms with Crippen LogP contribution in [0.3, 0.4) is 0 Å². The minimum Gasteiger partial charge on any atom is -0.460 e. The van der Waals surface area contributed by atoms with Gasteiger partial charge in [-0.25, -0.2) is 0 Å². The molecule has 2 nitrogen and oxygen atoms in total. The van der Waals surface area contributed by atoms with Crippen LogP contribution in [0.5, 0.6) is 0 Å². The number of ether oxygens (including phenoxy) is 1. The van der Waals surface area contributed by atoms with Crippen LogP contribution < -0.4 is 0 Å². The number of hydrogen-bond donors (Lipinski definition) is 0. The predicted molar refractivity (Wildman–Crippen MR) is 63.7 cm³/mol. The molecule has 0 fully saturated rings. The Kier molecular flexibility index (Phi) is 7.10. The number of unbranched alkanes of at least 4 members (excludes halogenated alkanes) is 3. The Bertz CT molecular complexity index is 199. The van der Waals surface area contributed by atoms with Gasteiger partial charge in [0, 0.05) is 0 Å². The Morgan fingerprint density at radius 1 is 1.20 bits per heavy atom. The van der Waals surface area contributed by atoms with Gasteiger partial charge in [-0.1, -0.05) is 31.9 Å². The van der Waals surface area contributed by atoms with Crippen molar-refractivity contribution in [2.24, 2.45) is 0 Å². The van der Waals surface area contributed by atoms with E-state index < -0.39 is 0 Å². The Morgan fingerprint density at radius 2 is 1.87 bits per heavy atom. The Balaban J connectivity index is 3.54. The van der Waals surface area contributed by atoms with Gasteiger partial charge in [0.25, 0.3) is 0 Å². The molecule has 0 atom stereocenters. The van der Waals surface area contributed by atoms with E-state index in [2.05, 4.69) is 13.0 Å².